The molecule has 3 nitrogen and oxygen atoms in total. The lowest BCUT2D eigenvalue weighted by Gasteiger charge is -2.25. The summed E-state index contributed by atoms with van der Waals surface area (Å²) in [6.07, 6.45) is 3.67. The van der Waals surface area contributed by atoms with Gasteiger partial charge in [-0.05, 0) is 19.3 Å². The highest BCUT2D eigenvalue weighted by atomic mass is 16.5. The van der Waals surface area contributed by atoms with E-state index in [1.165, 1.54) is 0 Å². The monoisotopic (exact) mass is 185 g/mol. The first-order chi connectivity index (χ1) is 6.08. The molecule has 0 aliphatic carbocycles. The van der Waals surface area contributed by atoms with E-state index in [2.05, 4.69) is 6.58 Å². The fourth-order valence-electron chi connectivity index (χ4n) is 1.02. The van der Waals surface area contributed by atoms with Crippen LogP contribution >= 0.6 is 0 Å². The zero-order valence-electron chi connectivity index (χ0n) is 8.51. The molecule has 0 rings (SSSR count). The van der Waals surface area contributed by atoms with Crippen molar-refractivity contribution >= 4 is 5.97 Å². The van der Waals surface area contributed by atoms with Gasteiger partial charge in [0.2, 0.25) is 0 Å². The van der Waals surface area contributed by atoms with Crippen LogP contribution in [0.25, 0.3) is 0 Å². The van der Waals surface area contributed by atoms with E-state index in [1.807, 2.05) is 13.8 Å². The summed E-state index contributed by atoms with van der Waals surface area (Å²) < 4.78 is 4.85. The second-order valence-corrected chi connectivity index (χ2v) is 3.19. The first-order valence-electron chi connectivity index (χ1n) is 4.66. The van der Waals surface area contributed by atoms with Crippen molar-refractivity contribution in [2.75, 3.05) is 6.61 Å². The average Bonchev–Trinajstić information content (AvgIpc) is 2.17. The maximum absolute atomic E-state index is 10.7. The molecule has 13 heavy (non-hydrogen) atoms. The van der Waals surface area contributed by atoms with Crippen LogP contribution in [-0.4, -0.2) is 18.1 Å². The van der Waals surface area contributed by atoms with Gasteiger partial charge >= 0.3 is 5.97 Å². The summed E-state index contributed by atoms with van der Waals surface area (Å²) in [5.74, 6) is -0.380. The molecule has 0 saturated heterocycles. The standard InChI is InChI=1S/C10H19NO2/c1-4-9(12)13-8-7-10(11,5-2)6-3/h4H,1,5-8,11H2,2-3H3. The molecule has 0 amide bonds. The molecule has 2 N–H and O–H groups in total. The second kappa shape index (κ2) is 5.75. The van der Waals surface area contributed by atoms with Gasteiger partial charge in [-0.15, -0.1) is 0 Å². The van der Waals surface area contributed by atoms with Crippen LogP contribution in [0.1, 0.15) is 33.1 Å². The molecule has 0 aliphatic heterocycles. The molecular weight excluding hydrogens is 166 g/mol. The lowest BCUT2D eigenvalue weighted by Crippen LogP contribution is -2.39. The third-order valence-electron chi connectivity index (χ3n) is 2.42. The van der Waals surface area contributed by atoms with E-state index in [0.717, 1.165) is 18.9 Å². The first-order valence-corrected chi connectivity index (χ1v) is 4.66. The maximum atomic E-state index is 10.7. The van der Waals surface area contributed by atoms with E-state index in [1.54, 1.807) is 0 Å². The van der Waals surface area contributed by atoms with E-state index in [-0.39, 0.29) is 11.5 Å². The number of esters is 1. The van der Waals surface area contributed by atoms with Crippen LogP contribution in [0.4, 0.5) is 0 Å². The molecule has 0 bridgehead atoms. The average molecular weight is 185 g/mol. The number of nitrogens with two attached hydrogens (primary N) is 1. The van der Waals surface area contributed by atoms with Crippen molar-refractivity contribution in [3.05, 3.63) is 12.7 Å². The Morgan fingerprint density at radius 3 is 2.46 bits per heavy atom. The number of carbonyl (C=O) groups is 1. The molecule has 0 saturated carbocycles. The molecule has 0 heterocycles. The number of ether oxygens (including phenoxy) is 1. The number of hydrogen-bond acceptors (Lipinski definition) is 3. The lowest BCUT2D eigenvalue weighted by molar-refractivity contribution is -0.138. The van der Waals surface area contributed by atoms with E-state index in [4.69, 9.17) is 10.5 Å². The van der Waals surface area contributed by atoms with Gasteiger partial charge in [0, 0.05) is 11.6 Å². The maximum Gasteiger partial charge on any atom is 0.330 e. The van der Waals surface area contributed by atoms with Crippen LogP contribution in [0.5, 0.6) is 0 Å². The van der Waals surface area contributed by atoms with Gasteiger partial charge in [0.25, 0.3) is 0 Å². The predicted molar refractivity (Wildman–Crippen MR) is 53.3 cm³/mol. The Morgan fingerprint density at radius 2 is 2.08 bits per heavy atom. The van der Waals surface area contributed by atoms with Gasteiger partial charge in [0.15, 0.2) is 0 Å². The van der Waals surface area contributed by atoms with Crippen molar-refractivity contribution in [3.8, 4) is 0 Å². The van der Waals surface area contributed by atoms with Gasteiger partial charge < -0.3 is 10.5 Å². The highest BCUT2D eigenvalue weighted by Crippen LogP contribution is 2.15. The highest BCUT2D eigenvalue weighted by molar-refractivity contribution is 5.81. The quantitative estimate of drug-likeness (QED) is 0.505. The Balaban J connectivity index is 3.73. The van der Waals surface area contributed by atoms with Gasteiger partial charge in [-0.3, -0.25) is 0 Å². The topological polar surface area (TPSA) is 52.3 Å². The van der Waals surface area contributed by atoms with Gasteiger partial charge in [0.1, 0.15) is 0 Å². The molecule has 0 aromatic heterocycles. The minimum atomic E-state index is -0.380. The van der Waals surface area contributed by atoms with Crippen molar-refractivity contribution in [2.45, 2.75) is 38.6 Å². The molecule has 0 fully saturated rings. The molecule has 0 aliphatic rings. The van der Waals surface area contributed by atoms with Crippen LogP contribution in [0.15, 0.2) is 12.7 Å². The fourth-order valence-corrected chi connectivity index (χ4v) is 1.02. The van der Waals surface area contributed by atoms with E-state index < -0.39 is 0 Å². The lowest BCUT2D eigenvalue weighted by atomic mass is 9.91. The Kier molecular flexibility index (Phi) is 5.39. The summed E-state index contributed by atoms with van der Waals surface area (Å²) in [6.45, 7) is 7.77. The minimum Gasteiger partial charge on any atom is -0.462 e. The molecule has 0 unspecified atom stereocenters. The Bertz CT molecular complexity index is 174. The molecule has 0 aromatic carbocycles. The molecule has 0 spiro atoms. The smallest absolute Gasteiger partial charge is 0.330 e. The summed E-state index contributed by atoms with van der Waals surface area (Å²) in [7, 11) is 0. The largest absolute Gasteiger partial charge is 0.462 e. The Hall–Kier alpha value is -0.830. The Labute approximate surface area is 79.9 Å². The van der Waals surface area contributed by atoms with Crippen LogP contribution in [0.3, 0.4) is 0 Å². The van der Waals surface area contributed by atoms with Crippen LogP contribution in [-0.2, 0) is 9.53 Å². The zero-order valence-corrected chi connectivity index (χ0v) is 8.51. The van der Waals surface area contributed by atoms with Gasteiger partial charge in [-0.25, -0.2) is 4.79 Å². The molecule has 0 radical (unpaired) electrons. The molecular formula is C10H19NO2. The predicted octanol–water partition coefficient (Wildman–Crippen LogP) is 1.62. The van der Waals surface area contributed by atoms with Crippen molar-refractivity contribution in [2.24, 2.45) is 5.73 Å². The summed E-state index contributed by atoms with van der Waals surface area (Å²) in [6, 6.07) is 0. The van der Waals surface area contributed by atoms with Crippen LogP contribution in [0.2, 0.25) is 0 Å². The normalized spacial score (nSPS) is 11.0. The second-order valence-electron chi connectivity index (χ2n) is 3.19. The highest BCUT2D eigenvalue weighted by Gasteiger charge is 2.19. The fraction of sp³-hybridized carbons (Fsp3) is 0.700. The van der Waals surface area contributed by atoms with Crippen LogP contribution < -0.4 is 5.73 Å². The molecule has 76 valence electrons. The number of carbonyl (C=O) groups excluding carboxylic acids is 1. The Morgan fingerprint density at radius 1 is 1.54 bits per heavy atom. The van der Waals surface area contributed by atoms with Crippen molar-refractivity contribution in [3.63, 3.8) is 0 Å². The van der Waals surface area contributed by atoms with Crippen LogP contribution in [0, 0.1) is 0 Å². The zero-order chi connectivity index (χ0) is 10.3. The summed E-state index contributed by atoms with van der Waals surface area (Å²) in [5, 5.41) is 0. The summed E-state index contributed by atoms with van der Waals surface area (Å²) >= 11 is 0. The van der Waals surface area contributed by atoms with Crippen molar-refractivity contribution in [1.82, 2.24) is 0 Å². The summed E-state index contributed by atoms with van der Waals surface area (Å²) in [4.78, 5) is 10.7. The van der Waals surface area contributed by atoms with E-state index in [0.29, 0.717) is 13.0 Å². The van der Waals surface area contributed by atoms with Crippen molar-refractivity contribution in [1.29, 1.82) is 0 Å². The van der Waals surface area contributed by atoms with Crippen molar-refractivity contribution < 1.29 is 9.53 Å². The molecule has 3 heteroatoms. The van der Waals surface area contributed by atoms with Gasteiger partial charge in [-0.2, -0.15) is 0 Å². The van der Waals surface area contributed by atoms with Gasteiger partial charge in [-0.1, -0.05) is 20.4 Å². The first kappa shape index (κ1) is 12.2. The van der Waals surface area contributed by atoms with E-state index in [9.17, 15) is 4.79 Å². The molecule has 0 atom stereocenters. The van der Waals surface area contributed by atoms with Gasteiger partial charge in [0.05, 0.1) is 6.61 Å². The third kappa shape index (κ3) is 4.68. The number of rotatable bonds is 6. The van der Waals surface area contributed by atoms with E-state index >= 15 is 0 Å². The minimum absolute atomic E-state index is 0.193. The molecule has 0 aromatic rings. The number of hydrogen-bond donors (Lipinski definition) is 1. The SMILES string of the molecule is C=CC(=O)OCCC(N)(CC)CC. The third-order valence-corrected chi connectivity index (χ3v) is 2.42. The summed E-state index contributed by atoms with van der Waals surface area (Å²) in [5.41, 5.74) is 5.81.